The van der Waals surface area contributed by atoms with Crippen LogP contribution in [0.4, 0.5) is 0 Å². The van der Waals surface area contributed by atoms with E-state index in [2.05, 4.69) is 12.2 Å². The topological polar surface area (TPSA) is 64.3 Å². The third kappa shape index (κ3) is 4.58. The zero-order chi connectivity index (χ0) is 13.6. The molecule has 0 aromatic heterocycles. The molecule has 0 aromatic rings. The van der Waals surface area contributed by atoms with Crippen LogP contribution in [0.15, 0.2) is 0 Å². The summed E-state index contributed by atoms with van der Waals surface area (Å²) >= 11 is 0. The predicted octanol–water partition coefficient (Wildman–Crippen LogP) is 1.68. The van der Waals surface area contributed by atoms with E-state index in [1.54, 1.807) is 0 Å². The van der Waals surface area contributed by atoms with Crippen molar-refractivity contribution in [2.45, 2.75) is 52.5 Å². The third-order valence-corrected chi connectivity index (χ3v) is 4.14. The number of ether oxygens (including phenoxy) is 1. The maximum absolute atomic E-state index is 11.9. The summed E-state index contributed by atoms with van der Waals surface area (Å²) in [6.45, 7) is 8.40. The Balaban J connectivity index is 2.25. The van der Waals surface area contributed by atoms with Gasteiger partial charge in [-0.2, -0.15) is 0 Å². The Hall–Kier alpha value is -0.610. The van der Waals surface area contributed by atoms with Crippen molar-refractivity contribution < 1.29 is 9.53 Å². The highest BCUT2D eigenvalue weighted by molar-refractivity contribution is 5.81. The van der Waals surface area contributed by atoms with Gasteiger partial charge in [0.05, 0.1) is 6.04 Å². The van der Waals surface area contributed by atoms with E-state index in [9.17, 15) is 4.79 Å². The summed E-state index contributed by atoms with van der Waals surface area (Å²) in [6, 6.07) is -0.377. The molecule has 1 fully saturated rings. The molecule has 0 aliphatic heterocycles. The van der Waals surface area contributed by atoms with Crippen LogP contribution in [-0.4, -0.2) is 31.7 Å². The van der Waals surface area contributed by atoms with E-state index in [1.807, 2.05) is 13.8 Å². The first-order valence-corrected chi connectivity index (χ1v) is 7.15. The van der Waals surface area contributed by atoms with Crippen LogP contribution >= 0.6 is 0 Å². The largest absolute Gasteiger partial charge is 0.382 e. The van der Waals surface area contributed by atoms with Gasteiger partial charge in [0.2, 0.25) is 5.91 Å². The summed E-state index contributed by atoms with van der Waals surface area (Å²) in [7, 11) is 0. The van der Waals surface area contributed by atoms with Crippen molar-refractivity contribution in [2.24, 2.45) is 17.1 Å². The van der Waals surface area contributed by atoms with Crippen LogP contribution in [0.1, 0.15) is 46.5 Å². The van der Waals surface area contributed by atoms with Crippen molar-refractivity contribution in [1.29, 1.82) is 0 Å². The molecule has 0 bridgehead atoms. The summed E-state index contributed by atoms with van der Waals surface area (Å²) in [6.07, 6.45) is 4.36. The van der Waals surface area contributed by atoms with Crippen LogP contribution < -0.4 is 11.1 Å². The van der Waals surface area contributed by atoms with Crippen LogP contribution in [0.25, 0.3) is 0 Å². The molecule has 1 aliphatic carbocycles. The lowest BCUT2D eigenvalue weighted by Gasteiger charge is -2.21. The minimum Gasteiger partial charge on any atom is -0.382 e. The van der Waals surface area contributed by atoms with E-state index in [0.717, 1.165) is 32.6 Å². The molecule has 1 amide bonds. The smallest absolute Gasteiger partial charge is 0.237 e. The SMILES string of the molecule is CCOCCC1(CNC(=O)C(N)C(C)CC)CC1. The van der Waals surface area contributed by atoms with Gasteiger partial charge in [0, 0.05) is 19.8 Å². The molecular formula is C14H28N2O2. The van der Waals surface area contributed by atoms with Gasteiger partial charge in [-0.25, -0.2) is 0 Å². The molecule has 0 spiro atoms. The molecule has 2 atom stereocenters. The van der Waals surface area contributed by atoms with Gasteiger partial charge in [-0.15, -0.1) is 0 Å². The molecule has 0 saturated heterocycles. The van der Waals surface area contributed by atoms with E-state index in [-0.39, 0.29) is 17.9 Å². The molecule has 0 aromatic carbocycles. The van der Waals surface area contributed by atoms with Gasteiger partial charge in [0.1, 0.15) is 0 Å². The number of hydrogen-bond donors (Lipinski definition) is 2. The minimum absolute atomic E-state index is 0.00738. The fourth-order valence-electron chi connectivity index (χ4n) is 2.03. The molecule has 0 radical (unpaired) electrons. The van der Waals surface area contributed by atoms with Gasteiger partial charge in [-0.1, -0.05) is 20.3 Å². The van der Waals surface area contributed by atoms with E-state index < -0.39 is 0 Å². The molecule has 2 unspecified atom stereocenters. The van der Waals surface area contributed by atoms with Gasteiger partial charge in [-0.05, 0) is 37.5 Å². The first kappa shape index (κ1) is 15.4. The van der Waals surface area contributed by atoms with Crippen LogP contribution in [0.3, 0.4) is 0 Å². The van der Waals surface area contributed by atoms with Crippen molar-refractivity contribution in [2.75, 3.05) is 19.8 Å². The second-order valence-electron chi connectivity index (χ2n) is 5.58. The lowest BCUT2D eigenvalue weighted by molar-refractivity contribution is -0.123. The number of hydrogen-bond acceptors (Lipinski definition) is 3. The fraction of sp³-hybridized carbons (Fsp3) is 0.929. The number of carbonyl (C=O) groups is 1. The highest BCUT2D eigenvalue weighted by Crippen LogP contribution is 2.48. The average Bonchev–Trinajstić information content (AvgIpc) is 3.15. The summed E-state index contributed by atoms with van der Waals surface area (Å²) in [5.41, 5.74) is 6.20. The van der Waals surface area contributed by atoms with Crippen LogP contribution in [0.2, 0.25) is 0 Å². The van der Waals surface area contributed by atoms with Crippen LogP contribution in [0, 0.1) is 11.3 Å². The number of amides is 1. The molecule has 3 N–H and O–H groups in total. The van der Waals surface area contributed by atoms with Gasteiger partial charge in [0.25, 0.3) is 0 Å². The van der Waals surface area contributed by atoms with E-state index >= 15 is 0 Å². The standard InChI is InChI=1S/C14H28N2O2/c1-4-11(3)12(15)13(17)16-10-14(6-7-14)8-9-18-5-2/h11-12H,4-10,15H2,1-3H3,(H,16,17). The number of nitrogens with two attached hydrogens (primary N) is 1. The summed E-state index contributed by atoms with van der Waals surface area (Å²) < 4.78 is 5.38. The normalized spacial score (nSPS) is 20.2. The Labute approximate surface area is 111 Å². The lowest BCUT2D eigenvalue weighted by atomic mass is 9.98. The zero-order valence-electron chi connectivity index (χ0n) is 12.0. The molecule has 18 heavy (non-hydrogen) atoms. The fourth-order valence-corrected chi connectivity index (χ4v) is 2.03. The predicted molar refractivity (Wildman–Crippen MR) is 73.2 cm³/mol. The molecule has 0 heterocycles. The highest BCUT2D eigenvalue weighted by Gasteiger charge is 2.42. The molecular weight excluding hydrogens is 228 g/mol. The maximum Gasteiger partial charge on any atom is 0.237 e. The van der Waals surface area contributed by atoms with Crippen LogP contribution in [-0.2, 0) is 9.53 Å². The number of carbonyl (C=O) groups excluding carboxylic acids is 1. The van der Waals surface area contributed by atoms with E-state index in [1.165, 1.54) is 12.8 Å². The Bertz CT molecular complexity index is 265. The monoisotopic (exact) mass is 256 g/mol. The first-order chi connectivity index (χ1) is 8.54. The minimum atomic E-state index is -0.377. The number of rotatable bonds is 9. The van der Waals surface area contributed by atoms with Gasteiger partial charge >= 0.3 is 0 Å². The van der Waals surface area contributed by atoms with Crippen molar-refractivity contribution in [3.8, 4) is 0 Å². The Morgan fingerprint density at radius 1 is 1.44 bits per heavy atom. The molecule has 1 saturated carbocycles. The van der Waals surface area contributed by atoms with Gasteiger partial charge in [0.15, 0.2) is 0 Å². The maximum atomic E-state index is 11.9. The Kier molecular flexibility index (Phi) is 6.09. The lowest BCUT2D eigenvalue weighted by Crippen LogP contribution is -2.46. The number of nitrogens with one attached hydrogen (secondary N) is 1. The van der Waals surface area contributed by atoms with Crippen molar-refractivity contribution >= 4 is 5.91 Å². The molecule has 4 nitrogen and oxygen atoms in total. The quantitative estimate of drug-likeness (QED) is 0.617. The zero-order valence-corrected chi connectivity index (χ0v) is 12.0. The summed E-state index contributed by atoms with van der Waals surface area (Å²) in [5.74, 6) is 0.232. The Morgan fingerprint density at radius 2 is 2.11 bits per heavy atom. The average molecular weight is 256 g/mol. The molecule has 106 valence electrons. The Morgan fingerprint density at radius 3 is 2.61 bits per heavy atom. The first-order valence-electron chi connectivity index (χ1n) is 7.15. The van der Waals surface area contributed by atoms with Gasteiger partial charge < -0.3 is 15.8 Å². The van der Waals surface area contributed by atoms with Crippen LogP contribution in [0.5, 0.6) is 0 Å². The summed E-state index contributed by atoms with van der Waals surface area (Å²) in [4.78, 5) is 11.9. The molecule has 4 heteroatoms. The van der Waals surface area contributed by atoms with E-state index in [0.29, 0.717) is 5.41 Å². The second kappa shape index (κ2) is 7.10. The highest BCUT2D eigenvalue weighted by atomic mass is 16.5. The second-order valence-corrected chi connectivity index (χ2v) is 5.58. The van der Waals surface area contributed by atoms with Crippen molar-refractivity contribution in [3.05, 3.63) is 0 Å². The molecule has 1 aliphatic rings. The summed E-state index contributed by atoms with van der Waals surface area (Å²) in [5, 5.41) is 3.01. The van der Waals surface area contributed by atoms with E-state index in [4.69, 9.17) is 10.5 Å². The van der Waals surface area contributed by atoms with Crippen molar-refractivity contribution in [1.82, 2.24) is 5.32 Å². The third-order valence-electron chi connectivity index (χ3n) is 4.14. The van der Waals surface area contributed by atoms with Gasteiger partial charge in [-0.3, -0.25) is 4.79 Å². The van der Waals surface area contributed by atoms with Crippen molar-refractivity contribution in [3.63, 3.8) is 0 Å². The molecule has 1 rings (SSSR count).